The lowest BCUT2D eigenvalue weighted by Gasteiger charge is -2.17. The van der Waals surface area contributed by atoms with Gasteiger partial charge in [-0.15, -0.1) is 0 Å². The van der Waals surface area contributed by atoms with Crippen LogP contribution in [0.4, 0.5) is 0 Å². The molecule has 3 aromatic rings. The number of hydrogen-bond donors (Lipinski definition) is 2. The lowest BCUT2D eigenvalue weighted by Crippen LogP contribution is -2.16. The highest BCUT2D eigenvalue weighted by atomic mass is 16.5. The van der Waals surface area contributed by atoms with E-state index in [-0.39, 0.29) is 0 Å². The predicted molar refractivity (Wildman–Crippen MR) is 122 cm³/mol. The summed E-state index contributed by atoms with van der Waals surface area (Å²) < 4.78 is 8.22. The molecule has 0 amide bonds. The van der Waals surface area contributed by atoms with Crippen LogP contribution in [0, 0.1) is 0 Å². The van der Waals surface area contributed by atoms with Gasteiger partial charge in [0.25, 0.3) is 0 Å². The van der Waals surface area contributed by atoms with E-state index in [2.05, 4.69) is 52.9 Å². The summed E-state index contributed by atoms with van der Waals surface area (Å²) in [5, 5.41) is 15.6. The van der Waals surface area contributed by atoms with Crippen molar-refractivity contribution in [2.75, 3.05) is 6.54 Å². The van der Waals surface area contributed by atoms with Crippen LogP contribution in [0.25, 0.3) is 11.3 Å². The highest BCUT2D eigenvalue weighted by Gasteiger charge is 2.14. The molecular weight excluding hydrogens is 408 g/mol. The van der Waals surface area contributed by atoms with Crippen LogP contribution in [0.1, 0.15) is 18.2 Å². The summed E-state index contributed by atoms with van der Waals surface area (Å²) in [6, 6.07) is 22.9. The second-order valence-corrected chi connectivity index (χ2v) is 7.03. The Labute approximate surface area is 185 Å². The fourth-order valence-electron chi connectivity index (χ4n) is 3.28. The first-order chi connectivity index (χ1) is 15.4. The molecule has 1 aliphatic heterocycles. The standard InChI is InChI=1S/C21H20N2O.C4H4O4/c1-16-20-11-12-21(23(20)14-13-22-16)18-7-9-19(10-8-18)24-15-17-5-3-2-4-6-17;5-3(6)1-2-4(7)8/h2-12H,13-15H2,1H3;1-2H,(H,5,6)(H,7,8)/b;2-1+. The number of aliphatic carboxylic acids is 2. The van der Waals surface area contributed by atoms with E-state index >= 15 is 0 Å². The van der Waals surface area contributed by atoms with E-state index in [1.54, 1.807) is 0 Å². The zero-order valence-electron chi connectivity index (χ0n) is 17.6. The van der Waals surface area contributed by atoms with Crippen LogP contribution >= 0.6 is 0 Å². The second kappa shape index (κ2) is 10.8. The number of carboxylic acids is 2. The molecule has 2 heterocycles. The summed E-state index contributed by atoms with van der Waals surface area (Å²) >= 11 is 0. The normalized spacial score (nSPS) is 12.3. The molecule has 0 unspecified atom stereocenters. The van der Waals surface area contributed by atoms with E-state index in [1.807, 2.05) is 30.3 Å². The molecule has 0 saturated carbocycles. The number of carbonyl (C=O) groups is 2. The van der Waals surface area contributed by atoms with Crippen molar-refractivity contribution in [1.82, 2.24) is 4.57 Å². The third-order valence-electron chi connectivity index (χ3n) is 4.79. The molecule has 1 aromatic heterocycles. The second-order valence-electron chi connectivity index (χ2n) is 7.03. The largest absolute Gasteiger partial charge is 0.489 e. The third kappa shape index (κ3) is 6.18. The summed E-state index contributed by atoms with van der Waals surface area (Å²) in [7, 11) is 0. The lowest BCUT2D eigenvalue weighted by molar-refractivity contribution is -0.134. The Morgan fingerprint density at radius 3 is 2.19 bits per heavy atom. The van der Waals surface area contributed by atoms with Gasteiger partial charge in [-0.2, -0.15) is 0 Å². The van der Waals surface area contributed by atoms with Gasteiger partial charge in [-0.3, -0.25) is 4.99 Å². The van der Waals surface area contributed by atoms with Crippen LogP contribution in [0.2, 0.25) is 0 Å². The molecule has 1 aliphatic rings. The Morgan fingerprint density at radius 1 is 0.938 bits per heavy atom. The van der Waals surface area contributed by atoms with Crippen molar-refractivity contribution in [1.29, 1.82) is 0 Å². The van der Waals surface area contributed by atoms with Crippen molar-refractivity contribution in [2.24, 2.45) is 4.99 Å². The van der Waals surface area contributed by atoms with Gasteiger partial charge in [0.15, 0.2) is 0 Å². The minimum atomic E-state index is -1.26. The van der Waals surface area contributed by atoms with E-state index in [1.165, 1.54) is 22.5 Å². The minimum absolute atomic E-state index is 0.558. The van der Waals surface area contributed by atoms with Crippen molar-refractivity contribution in [3.05, 3.63) is 90.1 Å². The van der Waals surface area contributed by atoms with E-state index in [4.69, 9.17) is 14.9 Å². The zero-order chi connectivity index (χ0) is 22.9. The molecule has 0 bridgehead atoms. The van der Waals surface area contributed by atoms with E-state index in [0.29, 0.717) is 18.8 Å². The molecule has 7 heteroatoms. The number of carboxylic acid groups (broad SMARTS) is 2. The van der Waals surface area contributed by atoms with Gasteiger partial charge in [-0.05, 0) is 54.4 Å². The summed E-state index contributed by atoms with van der Waals surface area (Å²) in [6.07, 6.45) is 1.12. The zero-order valence-corrected chi connectivity index (χ0v) is 17.6. The Morgan fingerprint density at radius 2 is 1.56 bits per heavy atom. The lowest BCUT2D eigenvalue weighted by atomic mass is 10.1. The Balaban J connectivity index is 0.000000312. The van der Waals surface area contributed by atoms with Gasteiger partial charge in [0.2, 0.25) is 0 Å². The molecule has 2 N–H and O–H groups in total. The molecule has 0 saturated heterocycles. The molecule has 4 rings (SSSR count). The van der Waals surface area contributed by atoms with Gasteiger partial charge >= 0.3 is 11.9 Å². The number of aromatic nitrogens is 1. The Bertz CT molecular complexity index is 1110. The maximum atomic E-state index is 9.55. The quantitative estimate of drug-likeness (QED) is 0.567. The molecule has 32 heavy (non-hydrogen) atoms. The summed E-state index contributed by atoms with van der Waals surface area (Å²) in [5.41, 5.74) is 5.98. The molecule has 0 spiro atoms. The van der Waals surface area contributed by atoms with Crippen molar-refractivity contribution < 1.29 is 24.5 Å². The molecular formula is C25H24N2O5. The van der Waals surface area contributed by atoms with Gasteiger partial charge in [-0.25, -0.2) is 9.59 Å². The summed E-state index contributed by atoms with van der Waals surface area (Å²) in [4.78, 5) is 23.6. The average molecular weight is 432 g/mol. The first-order valence-electron chi connectivity index (χ1n) is 10.1. The topological polar surface area (TPSA) is 101 Å². The number of fused-ring (bicyclic) bond motifs is 1. The van der Waals surface area contributed by atoms with Crippen LogP contribution in [0.15, 0.2) is 83.9 Å². The number of ether oxygens (including phenoxy) is 1. The first kappa shape index (κ1) is 22.6. The average Bonchev–Trinajstić information content (AvgIpc) is 3.23. The molecule has 0 radical (unpaired) electrons. The van der Waals surface area contributed by atoms with Crippen molar-refractivity contribution >= 4 is 17.7 Å². The predicted octanol–water partition coefficient (Wildman–Crippen LogP) is 4.27. The maximum absolute atomic E-state index is 9.55. The number of nitrogens with zero attached hydrogens (tertiary/aromatic N) is 2. The summed E-state index contributed by atoms with van der Waals surface area (Å²) in [5.74, 6) is -1.62. The Kier molecular flexibility index (Phi) is 7.59. The molecule has 2 aromatic carbocycles. The van der Waals surface area contributed by atoms with E-state index in [0.717, 1.165) is 24.6 Å². The number of hydrogen-bond acceptors (Lipinski definition) is 4. The molecule has 0 aliphatic carbocycles. The summed E-state index contributed by atoms with van der Waals surface area (Å²) in [6.45, 7) is 4.48. The molecule has 164 valence electrons. The molecule has 0 fully saturated rings. The SMILES string of the molecule is CC1=NCCn2c1ccc2-c1ccc(OCc2ccccc2)cc1.O=C(O)/C=C/C(=O)O. The van der Waals surface area contributed by atoms with Crippen LogP contribution in [0.3, 0.4) is 0 Å². The van der Waals surface area contributed by atoms with Gasteiger partial charge in [0.1, 0.15) is 12.4 Å². The minimum Gasteiger partial charge on any atom is -0.489 e. The fourth-order valence-corrected chi connectivity index (χ4v) is 3.28. The van der Waals surface area contributed by atoms with Crippen LogP contribution in [-0.2, 0) is 22.7 Å². The number of benzene rings is 2. The maximum Gasteiger partial charge on any atom is 0.328 e. The van der Waals surface area contributed by atoms with Gasteiger partial charge < -0.3 is 19.5 Å². The third-order valence-corrected chi connectivity index (χ3v) is 4.79. The fraction of sp³-hybridized carbons (Fsp3) is 0.160. The van der Waals surface area contributed by atoms with Crippen molar-refractivity contribution in [3.63, 3.8) is 0 Å². The molecule has 7 nitrogen and oxygen atoms in total. The van der Waals surface area contributed by atoms with Gasteiger partial charge in [0, 0.05) is 24.4 Å². The van der Waals surface area contributed by atoms with Crippen molar-refractivity contribution in [3.8, 4) is 17.0 Å². The van der Waals surface area contributed by atoms with Gasteiger partial charge in [-0.1, -0.05) is 30.3 Å². The van der Waals surface area contributed by atoms with Crippen LogP contribution in [0.5, 0.6) is 5.75 Å². The smallest absolute Gasteiger partial charge is 0.328 e. The van der Waals surface area contributed by atoms with E-state index < -0.39 is 11.9 Å². The highest BCUT2D eigenvalue weighted by molar-refractivity contribution is 5.98. The number of aliphatic imine (C=N–C) groups is 1. The Hall–Kier alpha value is -4.13. The van der Waals surface area contributed by atoms with Gasteiger partial charge in [0.05, 0.1) is 18.0 Å². The van der Waals surface area contributed by atoms with Crippen molar-refractivity contribution in [2.45, 2.75) is 20.1 Å². The molecule has 0 atom stereocenters. The monoisotopic (exact) mass is 432 g/mol. The highest BCUT2D eigenvalue weighted by Crippen LogP contribution is 2.27. The first-order valence-corrected chi connectivity index (χ1v) is 10.1. The number of rotatable bonds is 6. The van der Waals surface area contributed by atoms with E-state index in [9.17, 15) is 9.59 Å². The van der Waals surface area contributed by atoms with Crippen LogP contribution in [-0.4, -0.2) is 39.0 Å². The van der Waals surface area contributed by atoms with Crippen LogP contribution < -0.4 is 4.74 Å².